The second kappa shape index (κ2) is 10.4. The first-order chi connectivity index (χ1) is 13.8. The number of nitrogens with one attached hydrogen (secondary N) is 1. The van der Waals surface area contributed by atoms with Gasteiger partial charge in [-0.15, -0.1) is 0 Å². The fourth-order valence-electron chi connectivity index (χ4n) is 2.94. The normalized spacial score (nSPS) is 11.5. The van der Waals surface area contributed by atoms with E-state index in [1.54, 1.807) is 45.0 Å². The van der Waals surface area contributed by atoms with E-state index in [4.69, 9.17) is 4.74 Å². The molecule has 6 nitrogen and oxygen atoms in total. The maximum Gasteiger partial charge on any atom is 0.246 e. The number of hydrogen-bond acceptors (Lipinski definition) is 4. The first-order valence-corrected chi connectivity index (χ1v) is 11.1. The molecule has 0 spiro atoms. The maximum atomic E-state index is 13.2. The number of carbonyl (C=O) groups is 1. The molecule has 0 unspecified atom stereocenters. The molecule has 0 saturated carbocycles. The van der Waals surface area contributed by atoms with E-state index in [1.165, 1.54) is 22.5 Å². The minimum Gasteiger partial charge on any atom is -0.492 e. The summed E-state index contributed by atoms with van der Waals surface area (Å²) in [7, 11) is -3.76. The van der Waals surface area contributed by atoms with Crippen LogP contribution in [0.5, 0.6) is 5.75 Å². The fourth-order valence-corrected chi connectivity index (χ4v) is 4.55. The number of aryl methyl sites for hydroxylation is 1. The monoisotopic (exact) mass is 422 g/mol. The van der Waals surface area contributed by atoms with Crippen molar-refractivity contribution >= 4 is 21.6 Å². The molecule has 0 heterocycles. The number of nitrogens with zero attached hydrogens (tertiary/aromatic N) is 1. The molecule has 2 aromatic rings. The van der Waals surface area contributed by atoms with Gasteiger partial charge in [-0.3, -0.25) is 4.79 Å². The van der Waals surface area contributed by atoms with Crippen LogP contribution in [0.1, 0.15) is 32.8 Å². The number of halogens is 1. The largest absolute Gasteiger partial charge is 0.492 e. The first kappa shape index (κ1) is 22.8. The van der Waals surface area contributed by atoms with Crippen LogP contribution in [0.3, 0.4) is 0 Å². The van der Waals surface area contributed by atoms with Crippen molar-refractivity contribution in [3.63, 3.8) is 0 Å². The van der Waals surface area contributed by atoms with E-state index < -0.39 is 10.0 Å². The van der Waals surface area contributed by atoms with E-state index in [9.17, 15) is 17.6 Å². The minimum absolute atomic E-state index is 0.0194. The predicted molar refractivity (Wildman–Crippen MR) is 111 cm³/mol. The highest BCUT2D eigenvalue weighted by atomic mass is 32.2. The van der Waals surface area contributed by atoms with E-state index in [2.05, 4.69) is 5.32 Å². The van der Waals surface area contributed by atoms with Crippen molar-refractivity contribution in [1.29, 1.82) is 0 Å². The van der Waals surface area contributed by atoms with Gasteiger partial charge in [0.2, 0.25) is 15.9 Å². The number of ether oxygens (including phenoxy) is 1. The summed E-state index contributed by atoms with van der Waals surface area (Å²) in [6.07, 6.45) is 0.528. The number of carbonyl (C=O) groups excluding carboxylic acids is 1. The average molecular weight is 423 g/mol. The number of benzene rings is 2. The number of rotatable bonds is 10. The van der Waals surface area contributed by atoms with Crippen LogP contribution in [0.15, 0.2) is 47.4 Å². The van der Waals surface area contributed by atoms with E-state index in [1.807, 2.05) is 0 Å². The fraction of sp³-hybridized carbons (Fsp3) is 0.381. The number of anilines is 1. The van der Waals surface area contributed by atoms with Gasteiger partial charge in [0.15, 0.2) is 0 Å². The Morgan fingerprint density at radius 1 is 1.10 bits per heavy atom. The molecule has 158 valence electrons. The summed E-state index contributed by atoms with van der Waals surface area (Å²) >= 11 is 0. The predicted octanol–water partition coefficient (Wildman–Crippen LogP) is 3.83. The summed E-state index contributed by atoms with van der Waals surface area (Å²) < 4.78 is 46.0. The van der Waals surface area contributed by atoms with Gasteiger partial charge in [0, 0.05) is 25.2 Å². The van der Waals surface area contributed by atoms with Crippen molar-refractivity contribution in [2.75, 3.05) is 25.0 Å². The molecule has 0 saturated heterocycles. The summed E-state index contributed by atoms with van der Waals surface area (Å²) in [5.41, 5.74) is 1.08. The molecule has 2 aromatic carbocycles. The van der Waals surface area contributed by atoms with E-state index in [0.717, 1.165) is 5.56 Å². The molecular weight excluding hydrogens is 395 g/mol. The number of hydrogen-bond donors (Lipinski definition) is 1. The van der Waals surface area contributed by atoms with Gasteiger partial charge >= 0.3 is 0 Å². The lowest BCUT2D eigenvalue weighted by Crippen LogP contribution is -2.31. The summed E-state index contributed by atoms with van der Waals surface area (Å²) in [5, 5.41) is 2.71. The Hall–Kier alpha value is -2.45. The number of amides is 1. The van der Waals surface area contributed by atoms with Gasteiger partial charge in [0.05, 0.1) is 6.61 Å². The molecule has 0 bridgehead atoms. The minimum atomic E-state index is -3.76. The summed E-state index contributed by atoms with van der Waals surface area (Å²) in [5.74, 6) is -0.387. The Kier molecular flexibility index (Phi) is 8.16. The van der Waals surface area contributed by atoms with Crippen LogP contribution in [-0.4, -0.2) is 38.3 Å². The maximum absolute atomic E-state index is 13.2. The quantitative estimate of drug-likeness (QED) is 0.631. The molecule has 0 radical (unpaired) electrons. The van der Waals surface area contributed by atoms with Gasteiger partial charge < -0.3 is 10.1 Å². The Bertz CT molecular complexity index is 943. The van der Waals surface area contributed by atoms with Crippen LogP contribution in [0.25, 0.3) is 0 Å². The Morgan fingerprint density at radius 2 is 1.83 bits per heavy atom. The zero-order valence-electron chi connectivity index (χ0n) is 16.9. The van der Waals surface area contributed by atoms with Crippen LogP contribution < -0.4 is 10.1 Å². The second-order valence-electron chi connectivity index (χ2n) is 6.36. The summed E-state index contributed by atoms with van der Waals surface area (Å²) in [6, 6.07) is 10.6. The molecule has 1 amide bonds. The third-order valence-electron chi connectivity index (χ3n) is 4.38. The lowest BCUT2D eigenvalue weighted by molar-refractivity contribution is -0.116. The second-order valence-corrected chi connectivity index (χ2v) is 8.27. The Morgan fingerprint density at radius 3 is 2.45 bits per heavy atom. The molecule has 0 fully saturated rings. The van der Waals surface area contributed by atoms with Crippen LogP contribution in [-0.2, 0) is 21.2 Å². The van der Waals surface area contributed by atoms with Gasteiger partial charge in [-0.1, -0.05) is 26.0 Å². The molecular formula is C21H27FN2O4S. The third kappa shape index (κ3) is 6.01. The molecule has 8 heteroatoms. The van der Waals surface area contributed by atoms with Crippen molar-refractivity contribution < 1.29 is 22.3 Å². The van der Waals surface area contributed by atoms with Crippen molar-refractivity contribution in [3.05, 3.63) is 53.8 Å². The zero-order valence-corrected chi connectivity index (χ0v) is 17.8. The van der Waals surface area contributed by atoms with Crippen molar-refractivity contribution in [3.8, 4) is 5.75 Å². The topological polar surface area (TPSA) is 75.7 Å². The van der Waals surface area contributed by atoms with Crippen LogP contribution in [0.4, 0.5) is 10.1 Å². The van der Waals surface area contributed by atoms with E-state index >= 15 is 0 Å². The SMILES string of the molecule is CCOc1ccc(NC(=O)CCc2cccc(F)c2)cc1S(=O)(=O)N(CC)CC. The molecule has 1 N–H and O–H groups in total. The molecule has 2 rings (SSSR count). The lowest BCUT2D eigenvalue weighted by Gasteiger charge is -2.21. The van der Waals surface area contributed by atoms with Crippen LogP contribution >= 0.6 is 0 Å². The summed E-state index contributed by atoms with van der Waals surface area (Å²) in [4.78, 5) is 12.3. The molecule has 0 atom stereocenters. The lowest BCUT2D eigenvalue weighted by atomic mass is 10.1. The smallest absolute Gasteiger partial charge is 0.246 e. The van der Waals surface area contributed by atoms with Gasteiger partial charge in [-0.05, 0) is 49.2 Å². The molecule has 0 aliphatic rings. The Balaban J connectivity index is 2.20. The molecule has 0 aromatic heterocycles. The van der Waals surface area contributed by atoms with Crippen molar-refractivity contribution in [1.82, 2.24) is 4.31 Å². The van der Waals surface area contributed by atoms with E-state index in [0.29, 0.717) is 31.8 Å². The van der Waals surface area contributed by atoms with Gasteiger partial charge in [-0.2, -0.15) is 4.31 Å². The van der Waals surface area contributed by atoms with E-state index in [-0.39, 0.29) is 28.8 Å². The highest BCUT2D eigenvalue weighted by molar-refractivity contribution is 7.89. The molecule has 29 heavy (non-hydrogen) atoms. The van der Waals surface area contributed by atoms with Crippen molar-refractivity contribution in [2.24, 2.45) is 0 Å². The molecule has 0 aliphatic carbocycles. The highest BCUT2D eigenvalue weighted by Gasteiger charge is 2.26. The first-order valence-electron chi connectivity index (χ1n) is 9.63. The molecule has 0 aliphatic heterocycles. The standard InChI is InChI=1S/C21H27FN2O4S/c1-4-24(5-2)29(26,27)20-15-18(11-12-19(20)28-6-3)23-21(25)13-10-16-8-7-9-17(22)14-16/h7-9,11-12,14-15H,4-6,10,13H2,1-3H3,(H,23,25). The van der Waals surface area contributed by atoms with Crippen molar-refractivity contribution in [2.45, 2.75) is 38.5 Å². The van der Waals surface area contributed by atoms with Gasteiger partial charge in [-0.25, -0.2) is 12.8 Å². The van der Waals surface area contributed by atoms with Crippen LogP contribution in [0, 0.1) is 5.82 Å². The summed E-state index contributed by atoms with van der Waals surface area (Å²) in [6.45, 7) is 6.28. The highest BCUT2D eigenvalue weighted by Crippen LogP contribution is 2.30. The van der Waals surface area contributed by atoms with Crippen LogP contribution in [0.2, 0.25) is 0 Å². The van der Waals surface area contributed by atoms with Gasteiger partial charge in [0.25, 0.3) is 0 Å². The third-order valence-corrected chi connectivity index (χ3v) is 6.45. The average Bonchev–Trinajstić information content (AvgIpc) is 2.68. The number of sulfonamides is 1. The zero-order chi connectivity index (χ0) is 21.4. The Labute approximate surface area is 171 Å². The van der Waals surface area contributed by atoms with Gasteiger partial charge in [0.1, 0.15) is 16.5 Å².